The molecule has 1 N–H and O–H groups in total. The van der Waals surface area contributed by atoms with Crippen molar-refractivity contribution < 1.29 is 23.6 Å². The first-order chi connectivity index (χ1) is 16.0. The molecule has 0 bridgehead atoms. The lowest BCUT2D eigenvalue weighted by molar-refractivity contribution is -0.127. The Hall–Kier alpha value is -3.68. The molecule has 2 aliphatic heterocycles. The van der Waals surface area contributed by atoms with Crippen molar-refractivity contribution in [1.82, 2.24) is 15.1 Å². The number of hydrogen-bond acceptors (Lipinski definition) is 5. The number of hydrogen-bond donors (Lipinski definition) is 1. The normalized spacial score (nSPS) is 16.5. The second-order valence-corrected chi connectivity index (χ2v) is 8.33. The fourth-order valence-corrected chi connectivity index (χ4v) is 4.19. The number of nitrogens with one attached hydrogen (secondary N) is 1. The van der Waals surface area contributed by atoms with Gasteiger partial charge < -0.3 is 14.6 Å². The molecule has 2 aromatic rings. The maximum atomic E-state index is 12.4. The van der Waals surface area contributed by atoms with E-state index in [1.54, 1.807) is 53.6 Å². The molecule has 1 fully saturated rings. The number of imide groups is 1. The van der Waals surface area contributed by atoms with Crippen LogP contribution in [0.1, 0.15) is 52.2 Å². The summed E-state index contributed by atoms with van der Waals surface area (Å²) in [7, 11) is 0. The van der Waals surface area contributed by atoms with Crippen molar-refractivity contribution in [2.75, 3.05) is 26.2 Å². The smallest absolute Gasteiger partial charge is 0.261 e. The van der Waals surface area contributed by atoms with Gasteiger partial charge in [-0.05, 0) is 55.5 Å². The van der Waals surface area contributed by atoms with Gasteiger partial charge in [0, 0.05) is 38.7 Å². The Kier molecular flexibility index (Phi) is 7.02. The van der Waals surface area contributed by atoms with Gasteiger partial charge in [-0.3, -0.25) is 24.1 Å². The van der Waals surface area contributed by atoms with Gasteiger partial charge >= 0.3 is 0 Å². The quantitative estimate of drug-likeness (QED) is 0.493. The van der Waals surface area contributed by atoms with Gasteiger partial charge in [0.25, 0.3) is 11.8 Å². The van der Waals surface area contributed by atoms with E-state index < -0.39 is 0 Å². The van der Waals surface area contributed by atoms with E-state index in [1.807, 2.05) is 0 Å². The minimum absolute atomic E-state index is 0.0398. The predicted octanol–water partition coefficient (Wildman–Crippen LogP) is 2.72. The Morgan fingerprint density at radius 3 is 2.36 bits per heavy atom. The van der Waals surface area contributed by atoms with Gasteiger partial charge in [0.1, 0.15) is 5.76 Å². The van der Waals surface area contributed by atoms with E-state index in [0.717, 1.165) is 12.8 Å². The van der Waals surface area contributed by atoms with Gasteiger partial charge in [-0.1, -0.05) is 12.1 Å². The fourth-order valence-electron chi connectivity index (χ4n) is 4.19. The predicted molar refractivity (Wildman–Crippen MR) is 121 cm³/mol. The van der Waals surface area contributed by atoms with E-state index in [0.29, 0.717) is 48.9 Å². The van der Waals surface area contributed by atoms with Crippen molar-refractivity contribution in [3.05, 3.63) is 65.6 Å². The molecular formula is C25H27N3O5. The molecule has 2 aliphatic rings. The Morgan fingerprint density at radius 2 is 1.73 bits per heavy atom. The molecule has 3 heterocycles. The van der Waals surface area contributed by atoms with Gasteiger partial charge in [-0.15, -0.1) is 0 Å². The van der Waals surface area contributed by atoms with Crippen LogP contribution in [0.2, 0.25) is 0 Å². The van der Waals surface area contributed by atoms with E-state index >= 15 is 0 Å². The zero-order chi connectivity index (χ0) is 23.2. The van der Waals surface area contributed by atoms with Crippen molar-refractivity contribution in [3.8, 4) is 0 Å². The third-order valence-electron chi connectivity index (χ3n) is 6.11. The van der Waals surface area contributed by atoms with Crippen LogP contribution in [-0.2, 0) is 9.59 Å². The molecule has 4 rings (SSSR count). The highest BCUT2D eigenvalue weighted by molar-refractivity contribution is 6.21. The average Bonchev–Trinajstić information content (AvgIpc) is 3.44. The van der Waals surface area contributed by atoms with E-state index in [1.165, 1.54) is 11.0 Å². The fraction of sp³-hybridized carbons (Fsp3) is 0.360. The summed E-state index contributed by atoms with van der Waals surface area (Å²) in [6, 6.07) is 10.3. The van der Waals surface area contributed by atoms with Crippen LogP contribution < -0.4 is 5.32 Å². The van der Waals surface area contributed by atoms with Gasteiger partial charge in [0.05, 0.1) is 17.4 Å². The van der Waals surface area contributed by atoms with Crippen LogP contribution in [-0.4, -0.2) is 59.6 Å². The lowest BCUT2D eigenvalue weighted by Crippen LogP contribution is -2.41. The zero-order valence-corrected chi connectivity index (χ0v) is 18.4. The third-order valence-corrected chi connectivity index (χ3v) is 6.11. The number of carbonyl (C=O) groups is 4. The van der Waals surface area contributed by atoms with Crippen molar-refractivity contribution in [1.29, 1.82) is 0 Å². The molecule has 172 valence electrons. The number of likely N-dealkylation sites (tertiary alicyclic amines) is 1. The molecule has 0 spiro atoms. The molecule has 33 heavy (non-hydrogen) atoms. The first-order valence-electron chi connectivity index (χ1n) is 11.3. The number of fused-ring (bicyclic) bond motifs is 1. The molecule has 0 saturated carbocycles. The summed E-state index contributed by atoms with van der Waals surface area (Å²) < 4.78 is 5.19. The van der Waals surface area contributed by atoms with Gasteiger partial charge in [0.2, 0.25) is 11.8 Å². The highest BCUT2D eigenvalue weighted by Crippen LogP contribution is 2.22. The van der Waals surface area contributed by atoms with Gasteiger partial charge in [0.15, 0.2) is 0 Å². The van der Waals surface area contributed by atoms with Crippen LogP contribution in [0, 0.1) is 5.92 Å². The van der Waals surface area contributed by atoms with Gasteiger partial charge in [-0.25, -0.2) is 0 Å². The lowest BCUT2D eigenvalue weighted by Gasteiger charge is -2.31. The first kappa shape index (κ1) is 22.5. The molecule has 1 saturated heterocycles. The number of carbonyl (C=O) groups excluding carboxylic acids is 4. The molecule has 8 heteroatoms. The third kappa shape index (κ3) is 5.39. The number of rotatable bonds is 8. The van der Waals surface area contributed by atoms with Crippen molar-refractivity contribution in [2.24, 2.45) is 5.92 Å². The van der Waals surface area contributed by atoms with Crippen LogP contribution in [0.25, 0.3) is 6.08 Å². The number of piperidine rings is 1. The highest BCUT2D eigenvalue weighted by atomic mass is 16.3. The maximum absolute atomic E-state index is 12.4. The van der Waals surface area contributed by atoms with Crippen LogP contribution in [0.15, 0.2) is 53.2 Å². The molecular weight excluding hydrogens is 422 g/mol. The second-order valence-electron chi connectivity index (χ2n) is 8.33. The summed E-state index contributed by atoms with van der Waals surface area (Å²) in [6.07, 6.45) is 7.08. The highest BCUT2D eigenvalue weighted by Gasteiger charge is 2.34. The summed E-state index contributed by atoms with van der Waals surface area (Å²) >= 11 is 0. The molecule has 8 nitrogen and oxygen atoms in total. The van der Waals surface area contributed by atoms with E-state index in [-0.39, 0.29) is 36.6 Å². The van der Waals surface area contributed by atoms with E-state index in [4.69, 9.17) is 4.42 Å². The maximum Gasteiger partial charge on any atom is 0.261 e. The Balaban J connectivity index is 1.13. The first-order valence-corrected chi connectivity index (χ1v) is 11.3. The minimum atomic E-state index is -0.295. The van der Waals surface area contributed by atoms with Gasteiger partial charge in [-0.2, -0.15) is 0 Å². The minimum Gasteiger partial charge on any atom is -0.465 e. The molecule has 1 aromatic heterocycles. The lowest BCUT2D eigenvalue weighted by atomic mass is 9.96. The average molecular weight is 450 g/mol. The Bertz CT molecular complexity index is 1020. The topological polar surface area (TPSA) is 99.9 Å². The Morgan fingerprint density at radius 1 is 1.03 bits per heavy atom. The molecule has 0 unspecified atom stereocenters. The summed E-state index contributed by atoms with van der Waals surface area (Å²) in [4.78, 5) is 52.3. The van der Waals surface area contributed by atoms with Crippen LogP contribution >= 0.6 is 0 Å². The summed E-state index contributed by atoms with van der Waals surface area (Å²) in [6.45, 7) is 2.10. The second kappa shape index (κ2) is 10.3. The summed E-state index contributed by atoms with van der Waals surface area (Å²) in [5.74, 6) is 0.244. The van der Waals surface area contributed by atoms with Crippen molar-refractivity contribution in [2.45, 2.75) is 25.7 Å². The zero-order valence-electron chi connectivity index (χ0n) is 18.4. The molecule has 0 radical (unpaired) electrons. The number of nitrogens with zero attached hydrogens (tertiary/aromatic N) is 2. The Labute approximate surface area is 192 Å². The van der Waals surface area contributed by atoms with Crippen molar-refractivity contribution >= 4 is 29.7 Å². The molecule has 0 atom stereocenters. The van der Waals surface area contributed by atoms with E-state index in [9.17, 15) is 19.2 Å². The summed E-state index contributed by atoms with van der Waals surface area (Å²) in [5.41, 5.74) is 0.849. The number of furan rings is 1. The number of benzene rings is 1. The summed E-state index contributed by atoms with van der Waals surface area (Å²) in [5, 5.41) is 2.95. The monoisotopic (exact) mass is 449 g/mol. The standard InChI is InChI=1S/C25H27N3O5/c29-22(8-3-13-28-24(31)20-6-1-2-7-21(20)25(28)32)26-17-18-11-14-27(15-12-18)23(30)10-9-19-5-4-16-33-19/h1-2,4-7,9-10,16,18H,3,8,11-15,17H2,(H,26,29). The molecule has 0 aliphatic carbocycles. The van der Waals surface area contributed by atoms with Crippen molar-refractivity contribution in [3.63, 3.8) is 0 Å². The SMILES string of the molecule is O=C(CCCN1C(=O)c2ccccc2C1=O)NCC1CCN(C(=O)C=Cc2ccco2)CC1. The van der Waals surface area contributed by atoms with Crippen LogP contribution in [0.4, 0.5) is 0 Å². The van der Waals surface area contributed by atoms with E-state index in [2.05, 4.69) is 5.32 Å². The largest absolute Gasteiger partial charge is 0.465 e. The molecule has 4 amide bonds. The van der Waals surface area contributed by atoms with Crippen LogP contribution in [0.5, 0.6) is 0 Å². The van der Waals surface area contributed by atoms with Crippen LogP contribution in [0.3, 0.4) is 0 Å². The number of amides is 4. The molecule has 1 aromatic carbocycles.